The van der Waals surface area contributed by atoms with Crippen LogP contribution in [0.4, 0.5) is 0 Å². The maximum atomic E-state index is 5.67. The van der Waals surface area contributed by atoms with E-state index in [0.717, 1.165) is 6.42 Å². The van der Waals surface area contributed by atoms with Crippen LogP contribution in [0, 0.1) is 6.92 Å². The molecule has 1 aromatic rings. The molecular formula is C8H15N3. The molecule has 3 nitrogen and oxygen atoms in total. The van der Waals surface area contributed by atoms with Crippen LogP contribution >= 0.6 is 0 Å². The second-order valence-electron chi connectivity index (χ2n) is 3.06. The van der Waals surface area contributed by atoms with Gasteiger partial charge < -0.3 is 5.73 Å². The second kappa shape index (κ2) is 3.05. The lowest BCUT2D eigenvalue weighted by Crippen LogP contribution is -2.18. The molecule has 1 rings (SSSR count). The largest absolute Gasteiger partial charge is 0.328 e. The third kappa shape index (κ3) is 1.80. The summed E-state index contributed by atoms with van der Waals surface area (Å²) in [4.78, 5) is 0. The predicted octanol–water partition coefficient (Wildman–Crippen LogP) is 0.618. The summed E-state index contributed by atoms with van der Waals surface area (Å²) in [5.74, 6) is 0. The molecule has 0 unspecified atom stereocenters. The zero-order valence-electron chi connectivity index (χ0n) is 7.33. The average molecular weight is 153 g/mol. The molecule has 0 aliphatic carbocycles. The van der Waals surface area contributed by atoms with Crippen LogP contribution in [0.25, 0.3) is 0 Å². The van der Waals surface area contributed by atoms with E-state index in [1.165, 1.54) is 11.3 Å². The SMILES string of the molecule is Cc1c(C[C@H](C)N)cnn1C. The molecule has 62 valence electrons. The van der Waals surface area contributed by atoms with Crippen LogP contribution in [0.3, 0.4) is 0 Å². The van der Waals surface area contributed by atoms with E-state index >= 15 is 0 Å². The molecule has 0 radical (unpaired) electrons. The summed E-state index contributed by atoms with van der Waals surface area (Å²) in [6.45, 7) is 4.07. The Labute approximate surface area is 67.2 Å². The highest BCUT2D eigenvalue weighted by Gasteiger charge is 2.04. The summed E-state index contributed by atoms with van der Waals surface area (Å²) in [6.07, 6.45) is 2.80. The number of hydrogen-bond donors (Lipinski definition) is 1. The van der Waals surface area contributed by atoms with E-state index in [1.54, 1.807) is 0 Å². The van der Waals surface area contributed by atoms with Crippen molar-refractivity contribution in [2.24, 2.45) is 12.8 Å². The van der Waals surface area contributed by atoms with Crippen LogP contribution in [0.15, 0.2) is 6.20 Å². The van der Waals surface area contributed by atoms with E-state index in [9.17, 15) is 0 Å². The highest BCUT2D eigenvalue weighted by Crippen LogP contribution is 2.07. The quantitative estimate of drug-likeness (QED) is 0.676. The molecule has 0 bridgehead atoms. The molecule has 0 amide bonds. The molecule has 0 aliphatic rings. The fourth-order valence-corrected chi connectivity index (χ4v) is 1.09. The standard InChI is InChI=1S/C8H15N3/c1-6(9)4-8-5-10-11(3)7(8)2/h5-6H,4,9H2,1-3H3/t6-/m0/s1. The highest BCUT2D eigenvalue weighted by atomic mass is 15.3. The first-order valence-corrected chi connectivity index (χ1v) is 3.84. The number of nitrogens with two attached hydrogens (primary N) is 1. The summed E-state index contributed by atoms with van der Waals surface area (Å²) in [6, 6.07) is 0.220. The van der Waals surface area contributed by atoms with Crippen LogP contribution < -0.4 is 5.73 Å². The second-order valence-corrected chi connectivity index (χ2v) is 3.06. The van der Waals surface area contributed by atoms with Crippen molar-refractivity contribution in [3.63, 3.8) is 0 Å². The molecule has 2 N–H and O–H groups in total. The van der Waals surface area contributed by atoms with E-state index in [0.29, 0.717) is 0 Å². The monoisotopic (exact) mass is 153 g/mol. The maximum absolute atomic E-state index is 5.67. The summed E-state index contributed by atoms with van der Waals surface area (Å²) in [5.41, 5.74) is 8.13. The lowest BCUT2D eigenvalue weighted by molar-refractivity contribution is 0.717. The van der Waals surface area contributed by atoms with Gasteiger partial charge in [0, 0.05) is 18.8 Å². The van der Waals surface area contributed by atoms with E-state index in [1.807, 2.05) is 24.9 Å². The zero-order chi connectivity index (χ0) is 8.43. The molecule has 0 aliphatic heterocycles. The summed E-state index contributed by atoms with van der Waals surface area (Å²) in [7, 11) is 1.94. The molecule has 0 aromatic carbocycles. The van der Waals surface area contributed by atoms with E-state index in [4.69, 9.17) is 5.73 Å². The van der Waals surface area contributed by atoms with Gasteiger partial charge in [0.1, 0.15) is 0 Å². The molecule has 1 heterocycles. The van der Waals surface area contributed by atoms with Gasteiger partial charge in [0.25, 0.3) is 0 Å². The van der Waals surface area contributed by atoms with Gasteiger partial charge >= 0.3 is 0 Å². The molecule has 11 heavy (non-hydrogen) atoms. The van der Waals surface area contributed by atoms with Gasteiger partial charge in [0.05, 0.1) is 6.20 Å². The first kappa shape index (κ1) is 8.27. The number of rotatable bonds is 2. The molecule has 0 fully saturated rings. The number of aryl methyl sites for hydroxylation is 1. The summed E-state index contributed by atoms with van der Waals surface area (Å²) in [5, 5.41) is 4.13. The van der Waals surface area contributed by atoms with Crippen molar-refractivity contribution < 1.29 is 0 Å². The van der Waals surface area contributed by atoms with Gasteiger partial charge in [0.15, 0.2) is 0 Å². The third-order valence-corrected chi connectivity index (χ3v) is 1.88. The predicted molar refractivity (Wildman–Crippen MR) is 45.3 cm³/mol. The molecule has 1 atom stereocenters. The van der Waals surface area contributed by atoms with Crippen molar-refractivity contribution in [3.05, 3.63) is 17.5 Å². The Morgan fingerprint density at radius 3 is 2.73 bits per heavy atom. The van der Waals surface area contributed by atoms with Crippen molar-refractivity contribution in [1.29, 1.82) is 0 Å². The van der Waals surface area contributed by atoms with Gasteiger partial charge in [-0.1, -0.05) is 0 Å². The highest BCUT2D eigenvalue weighted by molar-refractivity contribution is 5.16. The van der Waals surface area contributed by atoms with E-state index < -0.39 is 0 Å². The lowest BCUT2D eigenvalue weighted by atomic mass is 10.1. The first-order valence-electron chi connectivity index (χ1n) is 3.84. The van der Waals surface area contributed by atoms with Crippen molar-refractivity contribution in [3.8, 4) is 0 Å². The van der Waals surface area contributed by atoms with Crippen molar-refractivity contribution >= 4 is 0 Å². The molecule has 3 heteroatoms. The van der Waals surface area contributed by atoms with Crippen LogP contribution in [0.2, 0.25) is 0 Å². The lowest BCUT2D eigenvalue weighted by Gasteiger charge is -2.03. The molecular weight excluding hydrogens is 138 g/mol. The minimum Gasteiger partial charge on any atom is -0.328 e. The Morgan fingerprint density at radius 2 is 2.36 bits per heavy atom. The molecule has 0 saturated carbocycles. The molecule has 0 saturated heterocycles. The Bertz CT molecular complexity index is 237. The van der Waals surface area contributed by atoms with Gasteiger partial charge in [-0.15, -0.1) is 0 Å². The Balaban J connectivity index is 2.79. The van der Waals surface area contributed by atoms with Gasteiger partial charge in [-0.05, 0) is 25.8 Å². The van der Waals surface area contributed by atoms with Crippen molar-refractivity contribution in [2.75, 3.05) is 0 Å². The topological polar surface area (TPSA) is 43.8 Å². The van der Waals surface area contributed by atoms with Gasteiger partial charge in [-0.2, -0.15) is 5.10 Å². The fourth-order valence-electron chi connectivity index (χ4n) is 1.09. The fraction of sp³-hybridized carbons (Fsp3) is 0.625. The Morgan fingerprint density at radius 1 is 1.73 bits per heavy atom. The molecule has 1 aromatic heterocycles. The first-order chi connectivity index (χ1) is 5.11. The summed E-state index contributed by atoms with van der Waals surface area (Å²) < 4.78 is 1.87. The smallest absolute Gasteiger partial charge is 0.0525 e. The average Bonchev–Trinajstić information content (AvgIpc) is 2.18. The van der Waals surface area contributed by atoms with Gasteiger partial charge in [-0.25, -0.2) is 0 Å². The van der Waals surface area contributed by atoms with Crippen LogP contribution in [0.1, 0.15) is 18.2 Å². The van der Waals surface area contributed by atoms with E-state index in [-0.39, 0.29) is 6.04 Å². The zero-order valence-corrected chi connectivity index (χ0v) is 7.33. The number of nitrogens with zero attached hydrogens (tertiary/aromatic N) is 2. The minimum absolute atomic E-state index is 0.220. The van der Waals surface area contributed by atoms with Crippen LogP contribution in [0.5, 0.6) is 0 Å². The third-order valence-electron chi connectivity index (χ3n) is 1.88. The molecule has 0 spiro atoms. The Kier molecular flexibility index (Phi) is 2.29. The van der Waals surface area contributed by atoms with Crippen LogP contribution in [-0.2, 0) is 13.5 Å². The Hall–Kier alpha value is -0.830. The van der Waals surface area contributed by atoms with Crippen LogP contribution in [-0.4, -0.2) is 15.8 Å². The van der Waals surface area contributed by atoms with E-state index in [2.05, 4.69) is 12.0 Å². The summed E-state index contributed by atoms with van der Waals surface area (Å²) >= 11 is 0. The van der Waals surface area contributed by atoms with Gasteiger partial charge in [-0.3, -0.25) is 4.68 Å². The van der Waals surface area contributed by atoms with Crippen molar-refractivity contribution in [1.82, 2.24) is 9.78 Å². The number of aromatic nitrogens is 2. The normalized spacial score (nSPS) is 13.5. The van der Waals surface area contributed by atoms with Crippen molar-refractivity contribution in [2.45, 2.75) is 26.3 Å². The van der Waals surface area contributed by atoms with Gasteiger partial charge in [0.2, 0.25) is 0 Å². The maximum Gasteiger partial charge on any atom is 0.0525 e. The minimum atomic E-state index is 0.220. The number of hydrogen-bond acceptors (Lipinski definition) is 2.